The van der Waals surface area contributed by atoms with Crippen molar-refractivity contribution in [1.29, 1.82) is 0 Å². The van der Waals surface area contributed by atoms with E-state index in [0.29, 0.717) is 5.56 Å². The summed E-state index contributed by atoms with van der Waals surface area (Å²) in [4.78, 5) is 13.0. The van der Waals surface area contributed by atoms with Crippen molar-refractivity contribution in [2.45, 2.75) is 18.2 Å². The normalized spacial score (nSPS) is 20.1. The van der Waals surface area contributed by atoms with Gasteiger partial charge in [0.05, 0.1) is 5.02 Å². The third-order valence-corrected chi connectivity index (χ3v) is 5.26. The van der Waals surface area contributed by atoms with Gasteiger partial charge in [-0.3, -0.25) is 4.79 Å². The molecule has 1 unspecified atom stereocenters. The topological polar surface area (TPSA) is 54.5 Å². The van der Waals surface area contributed by atoms with E-state index in [1.807, 2.05) is 0 Å². The summed E-state index contributed by atoms with van der Waals surface area (Å²) in [5.41, 5.74) is 0.433. The minimum atomic E-state index is -3.78. The van der Waals surface area contributed by atoms with Crippen LogP contribution in [0.3, 0.4) is 0 Å². The second-order valence-electron chi connectivity index (χ2n) is 4.29. The number of halogens is 3. The van der Waals surface area contributed by atoms with Crippen LogP contribution < -0.4 is 0 Å². The number of likely N-dealkylation sites (tertiary alicyclic amines) is 1. The Morgan fingerprint density at radius 1 is 1.42 bits per heavy atom. The molecule has 1 aromatic carbocycles. The number of benzene rings is 1. The van der Waals surface area contributed by atoms with Crippen molar-refractivity contribution in [2.24, 2.45) is 0 Å². The zero-order chi connectivity index (χ0) is 14.2. The van der Waals surface area contributed by atoms with Gasteiger partial charge in [-0.25, -0.2) is 12.8 Å². The molecule has 0 bridgehead atoms. The highest BCUT2D eigenvalue weighted by Gasteiger charge is 2.37. The molecule has 2 rings (SSSR count). The molecule has 0 spiro atoms. The van der Waals surface area contributed by atoms with Gasteiger partial charge < -0.3 is 4.90 Å². The van der Waals surface area contributed by atoms with E-state index < -0.39 is 20.1 Å². The van der Waals surface area contributed by atoms with Crippen LogP contribution >= 0.6 is 22.3 Å². The number of hydrogen-bond acceptors (Lipinski definition) is 3. The highest BCUT2D eigenvalue weighted by atomic mass is 35.7. The Morgan fingerprint density at radius 3 is 2.68 bits per heavy atom. The number of hydrogen-bond donors (Lipinski definition) is 0. The Labute approximate surface area is 119 Å². The smallest absolute Gasteiger partial charge is 0.237 e. The first-order chi connectivity index (χ1) is 8.79. The maximum atomic E-state index is 13.3. The Kier molecular flexibility index (Phi) is 4.03. The van der Waals surface area contributed by atoms with Crippen LogP contribution in [0.25, 0.3) is 0 Å². The molecule has 1 heterocycles. The fourth-order valence-electron chi connectivity index (χ4n) is 1.95. The van der Waals surface area contributed by atoms with E-state index in [9.17, 15) is 17.6 Å². The van der Waals surface area contributed by atoms with Crippen LogP contribution in [0.15, 0.2) is 18.2 Å². The lowest BCUT2D eigenvalue weighted by atomic mass is 10.2. The summed E-state index contributed by atoms with van der Waals surface area (Å²) in [6, 6.07) is 4.28. The molecular weight excluding hydrogens is 316 g/mol. The molecule has 1 fully saturated rings. The van der Waals surface area contributed by atoms with Gasteiger partial charge in [-0.05, 0) is 11.6 Å². The molecule has 1 amide bonds. The van der Waals surface area contributed by atoms with Gasteiger partial charge in [0.2, 0.25) is 15.0 Å². The first kappa shape index (κ1) is 14.6. The van der Waals surface area contributed by atoms with Crippen LogP contribution in [0, 0.1) is 5.82 Å². The third kappa shape index (κ3) is 3.19. The van der Waals surface area contributed by atoms with E-state index in [-0.39, 0.29) is 30.4 Å². The molecule has 1 aliphatic rings. The summed E-state index contributed by atoms with van der Waals surface area (Å²) in [6.07, 6.45) is -0.154. The molecule has 19 heavy (non-hydrogen) atoms. The van der Waals surface area contributed by atoms with Gasteiger partial charge >= 0.3 is 0 Å². The second-order valence-corrected chi connectivity index (χ2v) is 7.58. The average Bonchev–Trinajstić information content (AvgIpc) is 2.67. The second kappa shape index (κ2) is 5.26. The first-order valence-electron chi connectivity index (χ1n) is 5.43. The van der Waals surface area contributed by atoms with Gasteiger partial charge in [-0.1, -0.05) is 23.7 Å². The molecule has 8 heteroatoms. The Morgan fingerprint density at radius 2 is 2.11 bits per heavy atom. The van der Waals surface area contributed by atoms with Gasteiger partial charge in [0.15, 0.2) is 0 Å². The fourth-order valence-corrected chi connectivity index (χ4v) is 3.20. The zero-order valence-corrected chi connectivity index (χ0v) is 12.0. The molecule has 0 N–H and O–H groups in total. The minimum absolute atomic E-state index is 0.00247. The zero-order valence-electron chi connectivity index (χ0n) is 9.64. The van der Waals surface area contributed by atoms with Crippen molar-refractivity contribution < 1.29 is 17.6 Å². The summed E-state index contributed by atoms with van der Waals surface area (Å²) in [6.45, 7) is 0.0653. The maximum Gasteiger partial charge on any atom is 0.237 e. The van der Waals surface area contributed by atoms with E-state index in [0.717, 1.165) is 0 Å². The maximum absolute atomic E-state index is 13.3. The molecule has 1 saturated heterocycles. The average molecular weight is 326 g/mol. The predicted octanol–water partition coefficient (Wildman–Crippen LogP) is 2.15. The Balaban J connectivity index is 2.17. The molecule has 1 atom stereocenters. The molecule has 0 aliphatic carbocycles. The number of amides is 1. The standard InChI is InChI=1S/C11H10Cl2FNO3S/c12-11-7(2-1-3-9(11)14)5-15-6-8(4-10(15)16)19(13,17)18/h1-3,8H,4-6H2. The third-order valence-electron chi connectivity index (χ3n) is 2.97. The van der Waals surface area contributed by atoms with E-state index in [1.165, 1.54) is 17.0 Å². The number of carbonyl (C=O) groups is 1. The quantitative estimate of drug-likeness (QED) is 0.800. The van der Waals surface area contributed by atoms with Crippen molar-refractivity contribution in [1.82, 2.24) is 4.90 Å². The summed E-state index contributed by atoms with van der Waals surface area (Å²) in [5, 5.41) is -0.985. The van der Waals surface area contributed by atoms with Crippen LogP contribution in [-0.2, 0) is 20.4 Å². The molecular formula is C11H10Cl2FNO3S. The monoisotopic (exact) mass is 325 g/mol. The SMILES string of the molecule is O=C1CC(S(=O)(=O)Cl)CN1Cc1cccc(F)c1Cl. The van der Waals surface area contributed by atoms with E-state index >= 15 is 0 Å². The summed E-state index contributed by atoms with van der Waals surface area (Å²) < 4.78 is 35.7. The van der Waals surface area contributed by atoms with Crippen LogP contribution in [-0.4, -0.2) is 31.0 Å². The summed E-state index contributed by atoms with van der Waals surface area (Å²) in [7, 11) is 1.46. The molecule has 4 nitrogen and oxygen atoms in total. The van der Waals surface area contributed by atoms with Crippen molar-refractivity contribution in [2.75, 3.05) is 6.54 Å². The van der Waals surface area contributed by atoms with Crippen LogP contribution in [0.2, 0.25) is 5.02 Å². The predicted molar refractivity (Wildman–Crippen MR) is 70.0 cm³/mol. The Hall–Kier alpha value is -0.850. The van der Waals surface area contributed by atoms with Gasteiger partial charge in [-0.15, -0.1) is 0 Å². The first-order valence-corrected chi connectivity index (χ1v) is 8.18. The largest absolute Gasteiger partial charge is 0.337 e. The molecule has 0 radical (unpaired) electrons. The number of nitrogens with zero attached hydrogens (tertiary/aromatic N) is 1. The van der Waals surface area contributed by atoms with Gasteiger partial charge in [0.25, 0.3) is 0 Å². The molecule has 104 valence electrons. The summed E-state index contributed by atoms with van der Waals surface area (Å²) >= 11 is 5.79. The van der Waals surface area contributed by atoms with E-state index in [2.05, 4.69) is 0 Å². The van der Waals surface area contributed by atoms with Crippen LogP contribution in [0.5, 0.6) is 0 Å². The Bertz CT molecular complexity index is 620. The van der Waals surface area contributed by atoms with Crippen LogP contribution in [0.1, 0.15) is 12.0 Å². The lowest BCUT2D eigenvalue weighted by Crippen LogP contribution is -2.26. The van der Waals surface area contributed by atoms with Gasteiger partial charge in [0, 0.05) is 30.2 Å². The highest BCUT2D eigenvalue weighted by molar-refractivity contribution is 8.14. The van der Waals surface area contributed by atoms with Crippen molar-refractivity contribution in [3.8, 4) is 0 Å². The van der Waals surface area contributed by atoms with Gasteiger partial charge in [-0.2, -0.15) is 0 Å². The lowest BCUT2D eigenvalue weighted by molar-refractivity contribution is -0.128. The lowest BCUT2D eigenvalue weighted by Gasteiger charge is -2.17. The highest BCUT2D eigenvalue weighted by Crippen LogP contribution is 2.26. The van der Waals surface area contributed by atoms with Crippen molar-refractivity contribution in [3.63, 3.8) is 0 Å². The van der Waals surface area contributed by atoms with Crippen molar-refractivity contribution in [3.05, 3.63) is 34.6 Å². The molecule has 1 aliphatic heterocycles. The number of rotatable bonds is 3. The van der Waals surface area contributed by atoms with Crippen molar-refractivity contribution >= 4 is 37.2 Å². The number of carbonyl (C=O) groups excluding carboxylic acids is 1. The van der Waals surface area contributed by atoms with E-state index in [1.54, 1.807) is 6.07 Å². The molecule has 0 saturated carbocycles. The molecule has 0 aromatic heterocycles. The minimum Gasteiger partial charge on any atom is -0.337 e. The van der Waals surface area contributed by atoms with Gasteiger partial charge in [0.1, 0.15) is 11.1 Å². The fraction of sp³-hybridized carbons (Fsp3) is 0.364. The van der Waals surface area contributed by atoms with E-state index in [4.69, 9.17) is 22.3 Å². The van der Waals surface area contributed by atoms with Crippen LogP contribution in [0.4, 0.5) is 4.39 Å². The summed E-state index contributed by atoms with van der Waals surface area (Å²) in [5.74, 6) is -0.915. The molecule has 1 aromatic rings.